The monoisotopic (exact) mass is 1160 g/mol. The molecule has 0 aliphatic heterocycles. The van der Waals surface area contributed by atoms with E-state index >= 15 is 0 Å². The molecule has 0 bridgehead atoms. The van der Waals surface area contributed by atoms with Crippen LogP contribution < -0.4 is 9.80 Å². The summed E-state index contributed by atoms with van der Waals surface area (Å²) in [6.45, 7) is 29.7. The number of hydrogen-bond donors (Lipinski definition) is 0. The minimum Gasteiger partial charge on any atom is -0.455 e. The standard InChI is InChI=1S/C81H74N6O2/c1-49-75-66(67-48-82-74(47-72(67)88-75)85(55-26-18-15-19-27-55)57-33-35-63-61-29-21-23-31-69(61)87(71(63)45-57)59-42-52(80(8,9)10)39-53(43-59)81(11,12)13)46-65-64-36-37-73(83-77(64)89-76(49)65)84(54-24-16-14-17-25-54)56-32-34-62-60-28-20-22-30-68(60)86(70(62)44-56)58-40-50(78(2,3)4)38-51(41-58)79(5,6)7/h14-48H,1-13H3. The van der Waals surface area contributed by atoms with Gasteiger partial charge in [0.2, 0.25) is 5.71 Å². The van der Waals surface area contributed by atoms with Crippen molar-refractivity contribution in [3.8, 4) is 11.4 Å². The van der Waals surface area contributed by atoms with Crippen molar-refractivity contribution in [3.05, 3.63) is 240 Å². The number of fused-ring (bicyclic) bond motifs is 12. The fourth-order valence-corrected chi connectivity index (χ4v) is 13.3. The number of furan rings is 2. The molecule has 15 aromatic rings. The molecule has 0 saturated heterocycles. The summed E-state index contributed by atoms with van der Waals surface area (Å²) in [5.74, 6) is 1.48. The Labute approximate surface area is 520 Å². The lowest BCUT2D eigenvalue weighted by atomic mass is 9.80. The van der Waals surface area contributed by atoms with E-state index < -0.39 is 0 Å². The zero-order chi connectivity index (χ0) is 61.6. The summed E-state index contributed by atoms with van der Waals surface area (Å²) in [4.78, 5) is 15.2. The first-order valence-electron chi connectivity index (χ1n) is 31.2. The number of benzene rings is 9. The van der Waals surface area contributed by atoms with Gasteiger partial charge < -0.3 is 18.0 Å². The third kappa shape index (κ3) is 9.33. The Balaban J connectivity index is 0.843. The Hall–Kier alpha value is -9.92. The van der Waals surface area contributed by atoms with Crippen LogP contribution in [-0.4, -0.2) is 19.1 Å². The normalized spacial score (nSPS) is 12.8. The molecule has 0 saturated carbocycles. The lowest BCUT2D eigenvalue weighted by Gasteiger charge is -2.27. The summed E-state index contributed by atoms with van der Waals surface area (Å²) in [6, 6.07) is 75.1. The van der Waals surface area contributed by atoms with Gasteiger partial charge in [0.25, 0.3) is 0 Å². The molecule has 6 heterocycles. The van der Waals surface area contributed by atoms with E-state index in [-0.39, 0.29) is 21.7 Å². The molecular weight excluding hydrogens is 1090 g/mol. The lowest BCUT2D eigenvalue weighted by molar-refractivity contribution is 0.567. The number of hydrogen-bond acceptors (Lipinski definition) is 6. The van der Waals surface area contributed by atoms with Gasteiger partial charge >= 0.3 is 0 Å². The summed E-state index contributed by atoms with van der Waals surface area (Å²) in [5.41, 5.74) is 19.6. The van der Waals surface area contributed by atoms with E-state index in [1.165, 1.54) is 54.8 Å². The molecule has 9 aromatic carbocycles. The lowest BCUT2D eigenvalue weighted by Crippen LogP contribution is -2.17. The molecule has 89 heavy (non-hydrogen) atoms. The molecule has 0 amide bonds. The minimum absolute atomic E-state index is 0.0463. The van der Waals surface area contributed by atoms with Crippen molar-refractivity contribution in [1.29, 1.82) is 0 Å². The molecule has 0 aliphatic carbocycles. The van der Waals surface area contributed by atoms with Crippen LogP contribution in [0.3, 0.4) is 0 Å². The second-order valence-corrected chi connectivity index (χ2v) is 28.5. The van der Waals surface area contributed by atoms with Gasteiger partial charge in [-0.05, 0) is 154 Å². The first kappa shape index (κ1) is 55.6. The van der Waals surface area contributed by atoms with Crippen molar-refractivity contribution < 1.29 is 8.83 Å². The van der Waals surface area contributed by atoms with Crippen LogP contribution in [0.5, 0.6) is 0 Å². The molecule has 0 radical (unpaired) electrons. The number of nitrogens with zero attached hydrogens (tertiary/aromatic N) is 6. The van der Waals surface area contributed by atoms with Gasteiger partial charge in [0.1, 0.15) is 28.4 Å². The van der Waals surface area contributed by atoms with Crippen LogP contribution in [-0.2, 0) is 21.7 Å². The van der Waals surface area contributed by atoms with Gasteiger partial charge in [-0.15, -0.1) is 0 Å². The highest BCUT2D eigenvalue weighted by Gasteiger charge is 2.28. The summed E-state index contributed by atoms with van der Waals surface area (Å²) in [6.07, 6.45) is 1.97. The maximum Gasteiger partial charge on any atom is 0.229 e. The first-order valence-corrected chi connectivity index (χ1v) is 31.2. The van der Waals surface area contributed by atoms with E-state index in [0.717, 1.165) is 101 Å². The largest absolute Gasteiger partial charge is 0.455 e. The summed E-state index contributed by atoms with van der Waals surface area (Å²) in [5, 5.41) is 8.59. The summed E-state index contributed by atoms with van der Waals surface area (Å²) >= 11 is 0. The molecule has 6 aromatic heterocycles. The number of aromatic nitrogens is 4. The Bertz CT molecular complexity index is 4930. The maximum atomic E-state index is 6.97. The highest BCUT2D eigenvalue weighted by molar-refractivity contribution is 6.17. The Morgan fingerprint density at radius 3 is 1.24 bits per heavy atom. The fourth-order valence-electron chi connectivity index (χ4n) is 13.3. The molecule has 0 atom stereocenters. The van der Waals surface area contributed by atoms with Crippen LogP contribution in [0.2, 0.25) is 0 Å². The number of aryl methyl sites for hydroxylation is 1. The van der Waals surface area contributed by atoms with Gasteiger partial charge in [-0.2, -0.15) is 4.98 Å². The molecule has 0 spiro atoms. The minimum atomic E-state index is -0.0463. The second kappa shape index (κ2) is 20.1. The number of pyridine rings is 2. The van der Waals surface area contributed by atoms with Gasteiger partial charge in [0.15, 0.2) is 0 Å². The van der Waals surface area contributed by atoms with E-state index in [4.69, 9.17) is 18.8 Å². The van der Waals surface area contributed by atoms with E-state index in [2.05, 4.69) is 315 Å². The first-order chi connectivity index (χ1) is 42.5. The average Bonchev–Trinajstić information content (AvgIpc) is 1.63. The smallest absolute Gasteiger partial charge is 0.229 e. The molecule has 8 nitrogen and oxygen atoms in total. The van der Waals surface area contributed by atoms with E-state index in [1.54, 1.807) is 0 Å². The molecule has 0 N–H and O–H groups in total. The van der Waals surface area contributed by atoms with Gasteiger partial charge in [0.05, 0.1) is 22.1 Å². The van der Waals surface area contributed by atoms with Crippen LogP contribution >= 0.6 is 0 Å². The van der Waals surface area contributed by atoms with Gasteiger partial charge in [0, 0.05) is 95.0 Å². The summed E-state index contributed by atoms with van der Waals surface area (Å²) < 4.78 is 18.8. The van der Waals surface area contributed by atoms with Crippen molar-refractivity contribution in [1.82, 2.24) is 19.1 Å². The average molecular weight is 1160 g/mol. The van der Waals surface area contributed by atoms with Gasteiger partial charge in [-0.1, -0.05) is 180 Å². The van der Waals surface area contributed by atoms with Crippen molar-refractivity contribution >= 4 is 122 Å². The van der Waals surface area contributed by atoms with Gasteiger partial charge in [-0.25, -0.2) is 4.98 Å². The van der Waals surface area contributed by atoms with E-state index in [0.29, 0.717) is 5.71 Å². The third-order valence-electron chi connectivity index (χ3n) is 18.3. The highest BCUT2D eigenvalue weighted by Crippen LogP contribution is 2.46. The molecular formula is C81H74N6O2. The Kier molecular flexibility index (Phi) is 12.5. The zero-order valence-corrected chi connectivity index (χ0v) is 53.2. The van der Waals surface area contributed by atoms with E-state index in [1.807, 2.05) is 6.20 Å². The topological polar surface area (TPSA) is 68.4 Å². The van der Waals surface area contributed by atoms with Crippen molar-refractivity contribution in [3.63, 3.8) is 0 Å². The zero-order valence-electron chi connectivity index (χ0n) is 53.2. The molecule has 440 valence electrons. The van der Waals surface area contributed by atoms with Crippen molar-refractivity contribution in [2.75, 3.05) is 9.80 Å². The SMILES string of the molecule is Cc1c2oc3cc(N(c4ccccc4)c4ccc5c6ccccc6n(-c6cc(C(C)(C)C)cc(C(C)(C)C)c6)c5c4)ncc3c2cc2c1oc1nc(N(c3ccccc3)c3ccc4c5ccccc5n(-c5cc(C(C)(C)C)cc(C(C)(C)C)c5)c4c3)ccc12. The number of para-hydroxylation sites is 4. The number of anilines is 6. The molecule has 8 heteroatoms. The number of rotatable bonds is 8. The van der Waals surface area contributed by atoms with Crippen molar-refractivity contribution in [2.24, 2.45) is 0 Å². The third-order valence-corrected chi connectivity index (χ3v) is 18.3. The van der Waals surface area contributed by atoms with Crippen molar-refractivity contribution in [2.45, 2.75) is 112 Å². The predicted molar refractivity (Wildman–Crippen MR) is 374 cm³/mol. The molecule has 15 rings (SSSR count). The predicted octanol–water partition coefficient (Wildman–Crippen LogP) is 22.9. The molecule has 0 aliphatic rings. The molecule has 0 fully saturated rings. The molecule has 0 unspecified atom stereocenters. The fraction of sp³-hybridized carbons (Fsp3) is 0.210. The maximum absolute atomic E-state index is 6.97. The highest BCUT2D eigenvalue weighted by atomic mass is 16.3. The Morgan fingerprint density at radius 1 is 0.337 bits per heavy atom. The quantitative estimate of drug-likeness (QED) is 0.151. The van der Waals surface area contributed by atoms with E-state index in [9.17, 15) is 0 Å². The van der Waals surface area contributed by atoms with Crippen LogP contribution in [0.15, 0.2) is 221 Å². The van der Waals surface area contributed by atoms with Crippen LogP contribution in [0, 0.1) is 6.92 Å². The van der Waals surface area contributed by atoms with Crippen LogP contribution in [0.1, 0.15) is 111 Å². The van der Waals surface area contributed by atoms with Crippen LogP contribution in [0.4, 0.5) is 34.4 Å². The summed E-state index contributed by atoms with van der Waals surface area (Å²) in [7, 11) is 0. The van der Waals surface area contributed by atoms with Crippen LogP contribution in [0.25, 0.3) is 99.0 Å². The van der Waals surface area contributed by atoms with Gasteiger partial charge in [-0.3, -0.25) is 9.80 Å². The second-order valence-electron chi connectivity index (χ2n) is 28.5. The Morgan fingerprint density at radius 2 is 0.753 bits per heavy atom.